The second kappa shape index (κ2) is 7.93. The molecular formula is C24H18N4OS. The summed E-state index contributed by atoms with van der Waals surface area (Å²) in [5.41, 5.74) is 4.74. The highest BCUT2D eigenvalue weighted by Crippen LogP contribution is 2.28. The van der Waals surface area contributed by atoms with Gasteiger partial charge in [-0.3, -0.25) is 4.98 Å². The quantitative estimate of drug-likeness (QED) is 0.353. The number of furan rings is 1. The van der Waals surface area contributed by atoms with Crippen LogP contribution in [0.1, 0.15) is 11.1 Å². The van der Waals surface area contributed by atoms with E-state index in [1.54, 1.807) is 18.6 Å². The summed E-state index contributed by atoms with van der Waals surface area (Å²) in [5, 5.41) is 7.80. The number of aromatic nitrogens is 2. The van der Waals surface area contributed by atoms with Crippen LogP contribution in [0, 0.1) is 6.92 Å². The van der Waals surface area contributed by atoms with Crippen molar-refractivity contribution in [3.8, 4) is 11.5 Å². The molecule has 6 heteroatoms. The minimum Gasteiger partial charge on any atom is -0.454 e. The van der Waals surface area contributed by atoms with E-state index in [1.165, 1.54) is 16.9 Å². The molecule has 0 aliphatic carbocycles. The van der Waals surface area contributed by atoms with Gasteiger partial charge in [-0.2, -0.15) is 5.10 Å². The summed E-state index contributed by atoms with van der Waals surface area (Å²) in [5.74, 6) is 0.754. The first-order chi connectivity index (χ1) is 14.8. The van der Waals surface area contributed by atoms with E-state index in [1.807, 2.05) is 64.7 Å². The minimum absolute atomic E-state index is 0.754. The van der Waals surface area contributed by atoms with E-state index in [9.17, 15) is 0 Å². The summed E-state index contributed by atoms with van der Waals surface area (Å²) >= 11 is 1.53. The number of fused-ring (bicyclic) bond motifs is 1. The number of nitrogens with zero attached hydrogens (tertiary/aromatic N) is 4. The fraction of sp³-hybridized carbons (Fsp3) is 0.0417. The Morgan fingerprint density at radius 3 is 2.60 bits per heavy atom. The van der Waals surface area contributed by atoms with Gasteiger partial charge in [-0.1, -0.05) is 35.9 Å². The zero-order valence-corrected chi connectivity index (χ0v) is 17.1. The molecule has 5 nitrogen and oxygen atoms in total. The fourth-order valence-corrected chi connectivity index (χ4v) is 3.91. The van der Waals surface area contributed by atoms with E-state index in [4.69, 9.17) is 14.5 Å². The standard InChI is InChI=1S/C24H18N4OS/c1-17-6-8-20(9-7-17)27-24-28(26-15-18-10-12-25-13-11-18)21(16-30-24)23-14-19-4-2-3-5-22(19)29-23/h2-16H,1H3/b26-15-,27-24?. The van der Waals surface area contributed by atoms with E-state index in [0.29, 0.717) is 0 Å². The molecule has 30 heavy (non-hydrogen) atoms. The van der Waals surface area contributed by atoms with Crippen LogP contribution in [0.25, 0.3) is 22.4 Å². The van der Waals surface area contributed by atoms with Crippen LogP contribution in [0.4, 0.5) is 5.69 Å². The molecule has 3 aromatic heterocycles. The maximum atomic E-state index is 6.09. The number of para-hydroxylation sites is 1. The molecule has 0 unspecified atom stereocenters. The van der Waals surface area contributed by atoms with Gasteiger partial charge in [0.25, 0.3) is 0 Å². The van der Waals surface area contributed by atoms with Crippen molar-refractivity contribution in [1.82, 2.24) is 9.66 Å². The molecule has 0 bridgehead atoms. The normalized spacial score (nSPS) is 12.2. The molecule has 0 saturated carbocycles. The van der Waals surface area contributed by atoms with Gasteiger partial charge in [-0.15, -0.1) is 11.3 Å². The minimum atomic E-state index is 0.754. The summed E-state index contributed by atoms with van der Waals surface area (Å²) in [4.78, 5) is 9.63. The van der Waals surface area contributed by atoms with E-state index in [2.05, 4.69) is 24.0 Å². The predicted octanol–water partition coefficient (Wildman–Crippen LogP) is 5.78. The Balaban J connectivity index is 1.65. The number of thiazole rings is 1. The molecule has 5 aromatic rings. The third-order valence-corrected chi connectivity index (χ3v) is 5.47. The second-order valence-corrected chi connectivity index (χ2v) is 7.67. The average molecular weight is 411 g/mol. The van der Waals surface area contributed by atoms with E-state index in [0.717, 1.165) is 38.5 Å². The molecule has 0 amide bonds. The van der Waals surface area contributed by atoms with Crippen LogP contribution in [-0.4, -0.2) is 15.9 Å². The van der Waals surface area contributed by atoms with Crippen LogP contribution < -0.4 is 4.80 Å². The third-order valence-electron chi connectivity index (χ3n) is 4.65. The number of pyridine rings is 1. The molecule has 0 saturated heterocycles. The van der Waals surface area contributed by atoms with Gasteiger partial charge in [0, 0.05) is 23.2 Å². The number of rotatable bonds is 4. The lowest BCUT2D eigenvalue weighted by molar-refractivity contribution is 0.622. The Hall–Kier alpha value is -3.77. The van der Waals surface area contributed by atoms with Gasteiger partial charge in [0.15, 0.2) is 5.76 Å². The molecular weight excluding hydrogens is 392 g/mol. The Morgan fingerprint density at radius 2 is 1.80 bits per heavy atom. The van der Waals surface area contributed by atoms with Gasteiger partial charge in [0.05, 0.1) is 11.9 Å². The summed E-state index contributed by atoms with van der Waals surface area (Å²) in [6.45, 7) is 2.06. The monoisotopic (exact) mass is 410 g/mol. The van der Waals surface area contributed by atoms with Gasteiger partial charge < -0.3 is 4.42 Å². The SMILES string of the molecule is Cc1ccc(N=c2scc(-c3cc4ccccc4o3)n2/N=C\c2ccncc2)cc1. The maximum Gasteiger partial charge on any atom is 0.211 e. The summed E-state index contributed by atoms with van der Waals surface area (Å²) in [6, 6.07) is 22.0. The molecule has 0 radical (unpaired) electrons. The number of benzene rings is 2. The van der Waals surface area contributed by atoms with Crippen molar-refractivity contribution in [2.45, 2.75) is 6.92 Å². The first-order valence-corrected chi connectivity index (χ1v) is 10.4. The van der Waals surface area contributed by atoms with Crippen LogP contribution >= 0.6 is 11.3 Å². The second-order valence-electron chi connectivity index (χ2n) is 6.84. The lowest BCUT2D eigenvalue weighted by Gasteiger charge is -2.01. The van der Waals surface area contributed by atoms with Gasteiger partial charge in [0.2, 0.25) is 4.80 Å². The zero-order valence-electron chi connectivity index (χ0n) is 16.3. The Bertz CT molecular complexity index is 1360. The molecule has 5 rings (SSSR count). The fourth-order valence-electron chi connectivity index (χ4n) is 3.07. The van der Waals surface area contributed by atoms with Crippen LogP contribution in [0.5, 0.6) is 0 Å². The molecule has 0 N–H and O–H groups in total. The highest BCUT2D eigenvalue weighted by molar-refractivity contribution is 7.07. The van der Waals surface area contributed by atoms with Crippen molar-refractivity contribution in [3.63, 3.8) is 0 Å². The molecule has 146 valence electrons. The maximum absolute atomic E-state index is 6.09. The Morgan fingerprint density at radius 1 is 1.00 bits per heavy atom. The van der Waals surface area contributed by atoms with Crippen molar-refractivity contribution < 1.29 is 4.42 Å². The Labute approximate surface area is 177 Å². The van der Waals surface area contributed by atoms with E-state index in [-0.39, 0.29) is 0 Å². The highest BCUT2D eigenvalue weighted by atomic mass is 32.1. The van der Waals surface area contributed by atoms with Gasteiger partial charge in [0.1, 0.15) is 11.3 Å². The van der Waals surface area contributed by atoms with Gasteiger partial charge >= 0.3 is 0 Å². The summed E-state index contributed by atoms with van der Waals surface area (Å²) in [7, 11) is 0. The zero-order chi connectivity index (χ0) is 20.3. The van der Waals surface area contributed by atoms with Gasteiger partial charge in [-0.25, -0.2) is 9.67 Å². The van der Waals surface area contributed by atoms with E-state index < -0.39 is 0 Å². The van der Waals surface area contributed by atoms with Crippen LogP contribution in [0.2, 0.25) is 0 Å². The van der Waals surface area contributed by atoms with Crippen LogP contribution in [-0.2, 0) is 0 Å². The van der Waals surface area contributed by atoms with Crippen LogP contribution in [0.3, 0.4) is 0 Å². The topological polar surface area (TPSA) is 55.7 Å². The van der Waals surface area contributed by atoms with Crippen molar-refractivity contribution in [2.24, 2.45) is 10.1 Å². The number of hydrogen-bond acceptors (Lipinski definition) is 5. The summed E-state index contributed by atoms with van der Waals surface area (Å²) in [6.07, 6.45) is 5.30. The number of aryl methyl sites for hydroxylation is 1. The smallest absolute Gasteiger partial charge is 0.211 e. The molecule has 0 atom stereocenters. The molecule has 3 heterocycles. The summed E-state index contributed by atoms with van der Waals surface area (Å²) < 4.78 is 7.91. The molecule has 0 aliphatic heterocycles. The van der Waals surface area contributed by atoms with Crippen LogP contribution in [0.15, 0.2) is 99.0 Å². The van der Waals surface area contributed by atoms with Crippen molar-refractivity contribution >= 4 is 34.2 Å². The first-order valence-electron chi connectivity index (χ1n) is 9.51. The Kier molecular flexibility index (Phi) is 4.83. The van der Waals surface area contributed by atoms with E-state index >= 15 is 0 Å². The predicted molar refractivity (Wildman–Crippen MR) is 121 cm³/mol. The average Bonchev–Trinajstić information content (AvgIpc) is 3.38. The largest absolute Gasteiger partial charge is 0.454 e. The highest BCUT2D eigenvalue weighted by Gasteiger charge is 2.12. The molecule has 0 spiro atoms. The molecule has 0 fully saturated rings. The van der Waals surface area contributed by atoms with Crippen molar-refractivity contribution in [2.75, 3.05) is 0 Å². The first kappa shape index (κ1) is 18.3. The lowest BCUT2D eigenvalue weighted by Crippen LogP contribution is -2.11. The van der Waals surface area contributed by atoms with Gasteiger partial charge in [-0.05, 0) is 48.9 Å². The van der Waals surface area contributed by atoms with Crippen molar-refractivity contribution in [3.05, 3.63) is 100 Å². The third kappa shape index (κ3) is 3.73. The number of hydrogen-bond donors (Lipinski definition) is 0. The molecule has 2 aromatic carbocycles. The lowest BCUT2D eigenvalue weighted by atomic mass is 10.2. The molecule has 0 aliphatic rings. The van der Waals surface area contributed by atoms with Crippen molar-refractivity contribution in [1.29, 1.82) is 0 Å².